The van der Waals surface area contributed by atoms with E-state index < -0.39 is 5.97 Å². The van der Waals surface area contributed by atoms with E-state index in [4.69, 9.17) is 14.4 Å². The molecule has 1 heterocycles. The fourth-order valence-corrected chi connectivity index (χ4v) is 0.939. The van der Waals surface area contributed by atoms with Gasteiger partial charge >= 0.3 is 5.97 Å². The topological polar surface area (TPSA) is 72.6 Å². The standard InChI is InChI=1S/C9H13NO4/c1-6(2)13-8-5-7(14-10-8)3-4-9(11)12/h5-6H,3-4H2,1-2H3,(H,11,12). The van der Waals surface area contributed by atoms with E-state index in [1.165, 1.54) is 0 Å². The lowest BCUT2D eigenvalue weighted by Crippen LogP contribution is -2.05. The summed E-state index contributed by atoms with van der Waals surface area (Å²) >= 11 is 0. The fraction of sp³-hybridized carbons (Fsp3) is 0.556. The summed E-state index contributed by atoms with van der Waals surface area (Å²) in [4.78, 5) is 10.3. The molecule has 78 valence electrons. The van der Waals surface area contributed by atoms with Crippen LogP contribution in [0.15, 0.2) is 10.6 Å². The van der Waals surface area contributed by atoms with Crippen molar-refractivity contribution in [3.05, 3.63) is 11.8 Å². The lowest BCUT2D eigenvalue weighted by molar-refractivity contribution is -0.137. The van der Waals surface area contributed by atoms with Gasteiger partial charge in [-0.05, 0) is 19.0 Å². The summed E-state index contributed by atoms with van der Waals surface area (Å²) in [6, 6.07) is 1.61. The maximum atomic E-state index is 10.3. The van der Waals surface area contributed by atoms with Crippen LogP contribution in [0.1, 0.15) is 26.0 Å². The van der Waals surface area contributed by atoms with Crippen LogP contribution in [0, 0.1) is 0 Å². The van der Waals surface area contributed by atoms with E-state index in [1.807, 2.05) is 13.8 Å². The highest BCUT2D eigenvalue weighted by Crippen LogP contribution is 2.14. The molecule has 1 aromatic rings. The zero-order chi connectivity index (χ0) is 10.6. The third kappa shape index (κ3) is 3.47. The van der Waals surface area contributed by atoms with Crippen LogP contribution >= 0.6 is 0 Å². The van der Waals surface area contributed by atoms with Crippen molar-refractivity contribution in [1.82, 2.24) is 5.16 Å². The first kappa shape index (κ1) is 10.6. The van der Waals surface area contributed by atoms with Crippen molar-refractivity contribution in [1.29, 1.82) is 0 Å². The van der Waals surface area contributed by atoms with Gasteiger partial charge in [0.25, 0.3) is 5.88 Å². The minimum absolute atomic E-state index is 0.0347. The van der Waals surface area contributed by atoms with Crippen LogP contribution < -0.4 is 4.74 Å². The monoisotopic (exact) mass is 199 g/mol. The van der Waals surface area contributed by atoms with Crippen molar-refractivity contribution in [3.8, 4) is 5.88 Å². The van der Waals surface area contributed by atoms with Crippen LogP contribution in [0.2, 0.25) is 0 Å². The molecule has 0 saturated heterocycles. The van der Waals surface area contributed by atoms with Crippen molar-refractivity contribution >= 4 is 5.97 Å². The molecular formula is C9H13NO4. The molecule has 0 radical (unpaired) electrons. The zero-order valence-corrected chi connectivity index (χ0v) is 8.19. The predicted octanol–water partition coefficient (Wildman–Crippen LogP) is 1.48. The normalized spacial score (nSPS) is 10.5. The third-order valence-corrected chi connectivity index (χ3v) is 1.48. The van der Waals surface area contributed by atoms with Crippen molar-refractivity contribution in [2.24, 2.45) is 0 Å². The fourth-order valence-electron chi connectivity index (χ4n) is 0.939. The van der Waals surface area contributed by atoms with Gasteiger partial charge in [0, 0.05) is 12.5 Å². The zero-order valence-electron chi connectivity index (χ0n) is 8.19. The number of aryl methyl sites for hydroxylation is 1. The number of rotatable bonds is 5. The van der Waals surface area contributed by atoms with Gasteiger partial charge < -0.3 is 14.4 Å². The maximum Gasteiger partial charge on any atom is 0.303 e. The minimum atomic E-state index is -0.854. The Balaban J connectivity index is 2.46. The second-order valence-corrected chi connectivity index (χ2v) is 3.19. The number of carboxylic acid groups (broad SMARTS) is 1. The molecule has 0 aromatic carbocycles. The third-order valence-electron chi connectivity index (χ3n) is 1.48. The Morgan fingerprint density at radius 1 is 1.71 bits per heavy atom. The van der Waals surface area contributed by atoms with Crippen LogP contribution in [0.3, 0.4) is 0 Å². The molecule has 0 atom stereocenters. The van der Waals surface area contributed by atoms with Gasteiger partial charge in [-0.15, -0.1) is 0 Å². The SMILES string of the molecule is CC(C)Oc1cc(CCC(=O)O)on1. The van der Waals surface area contributed by atoms with E-state index in [9.17, 15) is 4.79 Å². The Morgan fingerprint density at radius 2 is 2.43 bits per heavy atom. The summed E-state index contributed by atoms with van der Waals surface area (Å²) in [6.07, 6.45) is 0.410. The number of aromatic nitrogens is 1. The van der Waals surface area contributed by atoms with Gasteiger partial charge in [0.05, 0.1) is 12.5 Å². The average molecular weight is 199 g/mol. The van der Waals surface area contributed by atoms with E-state index in [0.717, 1.165) is 0 Å². The molecule has 1 aromatic heterocycles. The number of hydrogen-bond acceptors (Lipinski definition) is 4. The summed E-state index contributed by atoms with van der Waals surface area (Å²) in [5, 5.41) is 12.1. The number of ether oxygens (including phenoxy) is 1. The van der Waals surface area contributed by atoms with Gasteiger partial charge in [0.2, 0.25) is 0 Å². The predicted molar refractivity (Wildman–Crippen MR) is 48.2 cm³/mol. The lowest BCUT2D eigenvalue weighted by Gasteiger charge is -2.02. The number of nitrogens with zero attached hydrogens (tertiary/aromatic N) is 1. The molecule has 0 aliphatic carbocycles. The minimum Gasteiger partial charge on any atom is -0.481 e. The second kappa shape index (κ2) is 4.64. The molecule has 0 bridgehead atoms. The van der Waals surface area contributed by atoms with E-state index in [2.05, 4.69) is 5.16 Å². The quantitative estimate of drug-likeness (QED) is 0.777. The first-order valence-corrected chi connectivity index (χ1v) is 4.42. The molecule has 5 heteroatoms. The van der Waals surface area contributed by atoms with Crippen molar-refractivity contribution in [2.45, 2.75) is 32.8 Å². The number of hydrogen-bond donors (Lipinski definition) is 1. The summed E-state index contributed by atoms with van der Waals surface area (Å²) < 4.78 is 10.1. The Bertz CT molecular complexity index is 306. The molecule has 0 aliphatic heterocycles. The van der Waals surface area contributed by atoms with Crippen molar-refractivity contribution < 1.29 is 19.2 Å². The van der Waals surface area contributed by atoms with Gasteiger partial charge in [-0.1, -0.05) is 0 Å². The molecule has 0 amide bonds. The van der Waals surface area contributed by atoms with E-state index in [0.29, 0.717) is 18.1 Å². The summed E-state index contributed by atoms with van der Waals surface area (Å²) in [7, 11) is 0. The molecule has 5 nitrogen and oxygen atoms in total. The number of aliphatic carboxylic acids is 1. The molecule has 0 saturated carbocycles. The Labute approximate surface area is 81.7 Å². The van der Waals surface area contributed by atoms with Gasteiger partial charge in [-0.25, -0.2) is 0 Å². The highest BCUT2D eigenvalue weighted by Gasteiger charge is 2.08. The van der Waals surface area contributed by atoms with Crippen LogP contribution in [0.5, 0.6) is 5.88 Å². The highest BCUT2D eigenvalue weighted by atomic mass is 16.5. The number of carboxylic acids is 1. The highest BCUT2D eigenvalue weighted by molar-refractivity contribution is 5.66. The molecule has 0 fully saturated rings. The van der Waals surface area contributed by atoms with E-state index >= 15 is 0 Å². The summed E-state index contributed by atoms with van der Waals surface area (Å²) in [6.45, 7) is 3.76. The lowest BCUT2D eigenvalue weighted by atomic mass is 10.2. The Hall–Kier alpha value is -1.52. The first-order valence-electron chi connectivity index (χ1n) is 4.42. The Morgan fingerprint density at radius 3 is 3.00 bits per heavy atom. The maximum absolute atomic E-state index is 10.3. The van der Waals surface area contributed by atoms with Crippen LogP contribution in [0.25, 0.3) is 0 Å². The van der Waals surface area contributed by atoms with Crippen LogP contribution in [0.4, 0.5) is 0 Å². The van der Waals surface area contributed by atoms with E-state index in [1.54, 1.807) is 6.07 Å². The van der Waals surface area contributed by atoms with Gasteiger partial charge in [0.1, 0.15) is 5.76 Å². The van der Waals surface area contributed by atoms with Crippen molar-refractivity contribution in [2.75, 3.05) is 0 Å². The smallest absolute Gasteiger partial charge is 0.303 e. The first-order chi connectivity index (χ1) is 6.58. The molecular weight excluding hydrogens is 186 g/mol. The molecule has 1 N–H and O–H groups in total. The van der Waals surface area contributed by atoms with Crippen LogP contribution in [-0.4, -0.2) is 22.3 Å². The average Bonchev–Trinajstić information content (AvgIpc) is 2.47. The van der Waals surface area contributed by atoms with Crippen molar-refractivity contribution in [3.63, 3.8) is 0 Å². The summed E-state index contributed by atoms with van der Waals surface area (Å²) in [5.74, 6) is 0.0798. The molecule has 14 heavy (non-hydrogen) atoms. The molecule has 0 aliphatic rings. The Kier molecular flexibility index (Phi) is 3.50. The second-order valence-electron chi connectivity index (χ2n) is 3.19. The number of carbonyl (C=O) groups is 1. The molecule has 1 rings (SSSR count). The van der Waals surface area contributed by atoms with Crippen LogP contribution in [-0.2, 0) is 11.2 Å². The van der Waals surface area contributed by atoms with Gasteiger partial charge in [0.15, 0.2) is 0 Å². The largest absolute Gasteiger partial charge is 0.481 e. The molecule has 0 spiro atoms. The summed E-state index contributed by atoms with van der Waals surface area (Å²) in [5.41, 5.74) is 0. The van der Waals surface area contributed by atoms with E-state index in [-0.39, 0.29) is 12.5 Å². The molecule has 0 unspecified atom stereocenters. The van der Waals surface area contributed by atoms with Gasteiger partial charge in [-0.3, -0.25) is 4.79 Å². The van der Waals surface area contributed by atoms with Gasteiger partial charge in [-0.2, -0.15) is 0 Å².